The molecule has 8 heteroatoms. The molecular weight excluding hydrogens is 346 g/mol. The van der Waals surface area contributed by atoms with Crippen molar-refractivity contribution in [3.8, 4) is 0 Å². The van der Waals surface area contributed by atoms with Gasteiger partial charge in [0.2, 0.25) is 11.9 Å². The number of nitrogens with two attached hydrogens (primary N) is 1. The van der Waals surface area contributed by atoms with E-state index in [4.69, 9.17) is 10.6 Å². The molecule has 0 radical (unpaired) electrons. The second-order valence-corrected chi connectivity index (χ2v) is 6.23. The van der Waals surface area contributed by atoms with E-state index in [1.807, 2.05) is 53.4 Å². The number of fused-ring (bicyclic) bond motifs is 2. The molecule has 0 aromatic heterocycles. The quantitative estimate of drug-likeness (QED) is 0.607. The summed E-state index contributed by atoms with van der Waals surface area (Å²) in [4.78, 5) is 34.0. The van der Waals surface area contributed by atoms with Gasteiger partial charge in [0.25, 0.3) is 5.91 Å². The Hall–Kier alpha value is -3.68. The number of rotatable bonds is 5. The molecular formula is C19H17N5O3. The van der Waals surface area contributed by atoms with Crippen LogP contribution in [0.1, 0.15) is 16.7 Å². The van der Waals surface area contributed by atoms with Gasteiger partial charge in [-0.1, -0.05) is 41.6 Å². The number of guanidine groups is 1. The lowest BCUT2D eigenvalue weighted by Crippen LogP contribution is -2.32. The highest BCUT2D eigenvalue weighted by atomic mass is 16.6. The molecule has 0 atom stereocenters. The molecule has 8 nitrogen and oxygen atoms in total. The second kappa shape index (κ2) is 6.91. The van der Waals surface area contributed by atoms with E-state index < -0.39 is 5.91 Å². The van der Waals surface area contributed by atoms with Crippen molar-refractivity contribution in [2.75, 3.05) is 13.2 Å². The molecule has 0 saturated carbocycles. The van der Waals surface area contributed by atoms with Crippen LogP contribution >= 0.6 is 0 Å². The minimum absolute atomic E-state index is 0.0619. The van der Waals surface area contributed by atoms with E-state index in [0.717, 1.165) is 22.4 Å². The highest BCUT2D eigenvalue weighted by Gasteiger charge is 2.29. The summed E-state index contributed by atoms with van der Waals surface area (Å²) in [5, 5.41) is 6.88. The number of oxime groups is 1. The molecule has 0 spiro atoms. The van der Waals surface area contributed by atoms with Crippen LogP contribution in [-0.4, -0.2) is 41.5 Å². The fourth-order valence-electron chi connectivity index (χ4n) is 3.04. The molecule has 0 aliphatic carbocycles. The third-order valence-electron chi connectivity index (χ3n) is 4.24. The zero-order chi connectivity index (χ0) is 18.8. The predicted molar refractivity (Wildman–Crippen MR) is 99.3 cm³/mol. The number of amides is 2. The first kappa shape index (κ1) is 16.8. The van der Waals surface area contributed by atoms with Crippen LogP contribution in [0.3, 0.4) is 0 Å². The van der Waals surface area contributed by atoms with Gasteiger partial charge in [-0.05, 0) is 17.7 Å². The summed E-state index contributed by atoms with van der Waals surface area (Å²) >= 11 is 0. The Labute approximate surface area is 155 Å². The van der Waals surface area contributed by atoms with Crippen LogP contribution in [0.2, 0.25) is 0 Å². The zero-order valence-electron chi connectivity index (χ0n) is 14.4. The van der Waals surface area contributed by atoms with Gasteiger partial charge in [-0.15, -0.1) is 0 Å². The molecule has 2 heterocycles. The van der Waals surface area contributed by atoms with Crippen LogP contribution in [0.25, 0.3) is 0 Å². The van der Waals surface area contributed by atoms with Gasteiger partial charge < -0.3 is 15.5 Å². The Balaban J connectivity index is 1.69. The maximum atomic E-state index is 11.6. The highest BCUT2D eigenvalue weighted by Crippen LogP contribution is 2.29. The van der Waals surface area contributed by atoms with Crippen molar-refractivity contribution in [2.24, 2.45) is 15.9 Å². The number of nitrogens with one attached hydrogen (secondary N) is 1. The van der Waals surface area contributed by atoms with E-state index >= 15 is 0 Å². The van der Waals surface area contributed by atoms with Crippen LogP contribution < -0.4 is 11.1 Å². The minimum atomic E-state index is -0.593. The fraction of sp³-hybridized carbons (Fsp3) is 0.158. The normalized spacial score (nSPS) is 15.6. The molecule has 2 amide bonds. The zero-order valence-corrected chi connectivity index (χ0v) is 14.4. The van der Waals surface area contributed by atoms with Gasteiger partial charge in [-0.2, -0.15) is 0 Å². The molecule has 4 rings (SSSR count). The van der Waals surface area contributed by atoms with Crippen molar-refractivity contribution in [2.45, 2.75) is 6.54 Å². The van der Waals surface area contributed by atoms with Gasteiger partial charge in [-0.25, -0.2) is 4.99 Å². The average molecular weight is 363 g/mol. The molecule has 2 aliphatic heterocycles. The summed E-state index contributed by atoms with van der Waals surface area (Å²) < 4.78 is 0. The number of carbonyl (C=O) groups excluding carboxylic acids is 2. The van der Waals surface area contributed by atoms with E-state index in [0.29, 0.717) is 24.8 Å². The molecule has 0 bridgehead atoms. The molecule has 27 heavy (non-hydrogen) atoms. The number of hydrogen-bond donors (Lipinski definition) is 2. The van der Waals surface area contributed by atoms with Gasteiger partial charge in [-0.3, -0.25) is 14.9 Å². The molecule has 3 N–H and O–H groups in total. The Morgan fingerprint density at radius 2 is 2.00 bits per heavy atom. The average Bonchev–Trinajstić information content (AvgIpc) is 3.02. The van der Waals surface area contributed by atoms with Gasteiger partial charge in [0, 0.05) is 17.7 Å². The minimum Gasteiger partial charge on any atom is -0.385 e. The van der Waals surface area contributed by atoms with Crippen molar-refractivity contribution >= 4 is 29.2 Å². The number of carbonyl (C=O) groups is 2. The monoisotopic (exact) mass is 363 g/mol. The van der Waals surface area contributed by atoms with E-state index in [-0.39, 0.29) is 12.5 Å². The van der Waals surface area contributed by atoms with Crippen molar-refractivity contribution in [1.82, 2.24) is 10.2 Å². The number of benzene rings is 2. The van der Waals surface area contributed by atoms with Crippen molar-refractivity contribution in [1.29, 1.82) is 0 Å². The number of hydrogen-bond acceptors (Lipinski definition) is 6. The van der Waals surface area contributed by atoms with Crippen molar-refractivity contribution in [3.63, 3.8) is 0 Å². The SMILES string of the molecule is NC(=O)CO/N=C(\c1ccccc1)c1ccc2c(c1)CN1CC(=O)NC1=N2. The molecule has 2 aliphatic rings. The molecule has 136 valence electrons. The van der Waals surface area contributed by atoms with Crippen molar-refractivity contribution in [3.05, 3.63) is 65.2 Å². The first-order valence-electron chi connectivity index (χ1n) is 8.40. The lowest BCUT2D eigenvalue weighted by Gasteiger charge is -2.23. The number of primary amides is 1. The maximum absolute atomic E-state index is 11.6. The van der Waals surface area contributed by atoms with Crippen LogP contribution in [0, 0.1) is 0 Å². The van der Waals surface area contributed by atoms with Gasteiger partial charge >= 0.3 is 0 Å². The smallest absolute Gasteiger partial charge is 0.258 e. The van der Waals surface area contributed by atoms with Crippen molar-refractivity contribution < 1.29 is 14.4 Å². The summed E-state index contributed by atoms with van der Waals surface area (Å²) in [6.07, 6.45) is 0. The van der Waals surface area contributed by atoms with E-state index in [9.17, 15) is 9.59 Å². The Morgan fingerprint density at radius 3 is 2.78 bits per heavy atom. The largest absolute Gasteiger partial charge is 0.385 e. The third-order valence-corrected chi connectivity index (χ3v) is 4.24. The molecule has 2 aromatic carbocycles. The van der Waals surface area contributed by atoms with Gasteiger partial charge in [0.15, 0.2) is 6.61 Å². The van der Waals surface area contributed by atoms with Gasteiger partial charge in [0.05, 0.1) is 5.69 Å². The van der Waals surface area contributed by atoms with Crippen LogP contribution in [0.15, 0.2) is 58.7 Å². The first-order valence-corrected chi connectivity index (χ1v) is 8.40. The van der Waals surface area contributed by atoms with E-state index in [1.54, 1.807) is 0 Å². The second-order valence-electron chi connectivity index (χ2n) is 6.23. The summed E-state index contributed by atoms with van der Waals surface area (Å²) in [6.45, 7) is 0.575. The topological polar surface area (TPSA) is 109 Å². The van der Waals surface area contributed by atoms with Crippen LogP contribution in [0.4, 0.5) is 5.69 Å². The van der Waals surface area contributed by atoms with Crippen LogP contribution in [-0.2, 0) is 21.0 Å². The standard InChI is InChI=1S/C19H17N5O3/c20-16(25)11-27-23-18(12-4-2-1-3-5-12)13-6-7-15-14(8-13)9-24-10-17(26)22-19(24)21-15/h1-8H,9-11H2,(H2,20,25)(H,21,22,26)/b23-18+. The third kappa shape index (κ3) is 3.50. The van der Waals surface area contributed by atoms with E-state index in [1.165, 1.54) is 0 Å². The highest BCUT2D eigenvalue weighted by molar-refractivity contribution is 6.13. The fourth-order valence-corrected chi connectivity index (χ4v) is 3.04. The lowest BCUT2D eigenvalue weighted by molar-refractivity contribution is -0.122. The Bertz CT molecular complexity index is 969. The first-order chi connectivity index (χ1) is 13.1. The number of aliphatic imine (C=N–C) groups is 1. The molecule has 1 fully saturated rings. The summed E-state index contributed by atoms with van der Waals surface area (Å²) in [6, 6.07) is 15.3. The summed E-state index contributed by atoms with van der Waals surface area (Å²) in [5.74, 6) is -0.0696. The van der Waals surface area contributed by atoms with Crippen LogP contribution in [0.5, 0.6) is 0 Å². The maximum Gasteiger partial charge on any atom is 0.258 e. The number of nitrogens with zero attached hydrogens (tertiary/aromatic N) is 3. The predicted octanol–water partition coefficient (Wildman–Crippen LogP) is 0.874. The Kier molecular flexibility index (Phi) is 4.29. The van der Waals surface area contributed by atoms with Gasteiger partial charge in [0.1, 0.15) is 12.3 Å². The lowest BCUT2D eigenvalue weighted by atomic mass is 9.99. The van der Waals surface area contributed by atoms with E-state index in [2.05, 4.69) is 15.5 Å². The molecule has 2 aromatic rings. The molecule has 1 saturated heterocycles. The summed E-state index contributed by atoms with van der Waals surface area (Å²) in [7, 11) is 0. The Morgan fingerprint density at radius 1 is 1.19 bits per heavy atom. The summed E-state index contributed by atoms with van der Waals surface area (Å²) in [5.41, 5.74) is 9.16. The molecule has 0 unspecified atom stereocenters.